The lowest BCUT2D eigenvalue weighted by atomic mass is 9.91. The summed E-state index contributed by atoms with van der Waals surface area (Å²) in [5.74, 6) is -1.13. The van der Waals surface area contributed by atoms with Crippen LogP contribution in [0.1, 0.15) is 38.1 Å². The van der Waals surface area contributed by atoms with Gasteiger partial charge in [-0.3, -0.25) is 4.79 Å². The molecule has 7 nitrogen and oxygen atoms in total. The zero-order valence-electron chi connectivity index (χ0n) is 22.7. The zero-order chi connectivity index (χ0) is 28.7. The minimum atomic E-state index is -0.790. The standard InChI is InChI=1S/C32H33NO6/c1-20(2)30(36)38-27-16-15-26(19-28(27)39-31(37)21(3)4)24-9-7-22(8-10-24)23-11-13-25(14-12-23)29(35)32(5,6)33-17-18-34/h7-16,19,33-34H,1,3,17-18H2,2,4-6H3. The second-order valence-corrected chi connectivity index (χ2v) is 9.76. The van der Waals surface area contributed by atoms with Gasteiger partial charge in [0.1, 0.15) is 0 Å². The number of rotatable bonds is 11. The van der Waals surface area contributed by atoms with Crippen molar-refractivity contribution in [1.82, 2.24) is 5.32 Å². The molecule has 0 fully saturated rings. The number of Topliss-reactive ketones (excluding diaryl/α,β-unsaturated/α-hetero) is 1. The van der Waals surface area contributed by atoms with Crippen LogP contribution < -0.4 is 14.8 Å². The van der Waals surface area contributed by atoms with Crippen LogP contribution in [-0.4, -0.2) is 41.5 Å². The van der Waals surface area contributed by atoms with Crippen LogP contribution in [0.2, 0.25) is 0 Å². The van der Waals surface area contributed by atoms with Crippen molar-refractivity contribution in [2.45, 2.75) is 33.2 Å². The van der Waals surface area contributed by atoms with E-state index >= 15 is 0 Å². The van der Waals surface area contributed by atoms with Gasteiger partial charge in [0.2, 0.25) is 0 Å². The van der Waals surface area contributed by atoms with Gasteiger partial charge in [0.05, 0.1) is 12.1 Å². The van der Waals surface area contributed by atoms with Gasteiger partial charge >= 0.3 is 11.9 Å². The summed E-state index contributed by atoms with van der Waals surface area (Å²) in [5.41, 5.74) is 3.71. The van der Waals surface area contributed by atoms with Gasteiger partial charge in [-0.2, -0.15) is 0 Å². The van der Waals surface area contributed by atoms with Crippen LogP contribution in [0.25, 0.3) is 22.3 Å². The maximum absolute atomic E-state index is 12.9. The first-order valence-corrected chi connectivity index (χ1v) is 12.4. The first-order chi connectivity index (χ1) is 18.4. The molecule has 202 valence electrons. The molecule has 0 unspecified atom stereocenters. The van der Waals surface area contributed by atoms with Crippen molar-refractivity contribution in [1.29, 1.82) is 0 Å². The minimum absolute atomic E-state index is 0.0425. The number of benzene rings is 3. The highest BCUT2D eigenvalue weighted by atomic mass is 16.6. The van der Waals surface area contributed by atoms with E-state index in [1.165, 1.54) is 13.8 Å². The third-order valence-corrected chi connectivity index (χ3v) is 5.99. The van der Waals surface area contributed by atoms with Crippen LogP contribution in [0.4, 0.5) is 0 Å². The van der Waals surface area contributed by atoms with Crippen molar-refractivity contribution in [3.8, 4) is 33.8 Å². The first kappa shape index (κ1) is 29.2. The van der Waals surface area contributed by atoms with Gasteiger partial charge in [0, 0.05) is 23.3 Å². The maximum Gasteiger partial charge on any atom is 0.338 e. The highest BCUT2D eigenvalue weighted by Crippen LogP contribution is 2.34. The molecule has 7 heteroatoms. The number of carbonyl (C=O) groups excluding carboxylic acids is 3. The largest absolute Gasteiger partial charge is 0.419 e. The SMILES string of the molecule is C=C(C)C(=O)Oc1ccc(-c2ccc(-c3ccc(C(=O)C(C)(C)NCCO)cc3)cc2)cc1OC(=O)C(=C)C. The monoisotopic (exact) mass is 527 g/mol. The van der Waals surface area contributed by atoms with Crippen LogP contribution in [0.5, 0.6) is 11.5 Å². The Morgan fingerprint density at radius 1 is 0.744 bits per heavy atom. The van der Waals surface area contributed by atoms with E-state index in [0.29, 0.717) is 12.1 Å². The second kappa shape index (κ2) is 12.5. The van der Waals surface area contributed by atoms with E-state index in [-0.39, 0.29) is 35.0 Å². The van der Waals surface area contributed by atoms with Crippen LogP contribution in [0.15, 0.2) is 91.0 Å². The number of hydrogen-bond donors (Lipinski definition) is 2. The summed E-state index contributed by atoms with van der Waals surface area (Å²) in [5, 5.41) is 12.1. The fourth-order valence-electron chi connectivity index (χ4n) is 3.70. The summed E-state index contributed by atoms with van der Waals surface area (Å²) in [7, 11) is 0. The Bertz CT molecular complexity index is 1400. The zero-order valence-corrected chi connectivity index (χ0v) is 22.7. The van der Waals surface area contributed by atoms with Crippen molar-refractivity contribution < 1.29 is 29.0 Å². The molecule has 0 saturated heterocycles. The number of esters is 2. The molecule has 3 aromatic rings. The fourth-order valence-corrected chi connectivity index (χ4v) is 3.70. The lowest BCUT2D eigenvalue weighted by Crippen LogP contribution is -2.47. The van der Waals surface area contributed by atoms with Gasteiger partial charge in [-0.15, -0.1) is 0 Å². The van der Waals surface area contributed by atoms with Gasteiger partial charge in [-0.1, -0.05) is 67.8 Å². The molecule has 2 N–H and O–H groups in total. The summed E-state index contributed by atoms with van der Waals surface area (Å²) in [6, 6.07) is 20.1. The first-order valence-electron chi connectivity index (χ1n) is 12.4. The van der Waals surface area contributed by atoms with Gasteiger partial charge < -0.3 is 19.9 Å². The normalized spacial score (nSPS) is 11.0. The molecule has 0 heterocycles. The second-order valence-electron chi connectivity index (χ2n) is 9.76. The highest BCUT2D eigenvalue weighted by molar-refractivity contribution is 6.03. The number of ketones is 1. The lowest BCUT2D eigenvalue weighted by Gasteiger charge is -2.24. The van der Waals surface area contributed by atoms with Gasteiger partial charge in [-0.25, -0.2) is 9.59 Å². The Hall–Kier alpha value is -4.33. The number of nitrogens with one attached hydrogen (secondary N) is 1. The van der Waals surface area contributed by atoms with Crippen molar-refractivity contribution in [3.05, 3.63) is 96.6 Å². The van der Waals surface area contributed by atoms with E-state index in [4.69, 9.17) is 14.6 Å². The fraction of sp³-hybridized carbons (Fsp3) is 0.219. The molecule has 0 spiro atoms. The average Bonchev–Trinajstić information content (AvgIpc) is 2.92. The lowest BCUT2D eigenvalue weighted by molar-refractivity contribution is -0.132. The van der Waals surface area contributed by atoms with Crippen LogP contribution >= 0.6 is 0 Å². The van der Waals surface area contributed by atoms with E-state index in [9.17, 15) is 14.4 Å². The molecule has 0 amide bonds. The Balaban J connectivity index is 1.84. The summed E-state index contributed by atoms with van der Waals surface area (Å²) < 4.78 is 10.8. The summed E-state index contributed by atoms with van der Waals surface area (Å²) >= 11 is 0. The molecule has 0 atom stereocenters. The summed E-state index contributed by atoms with van der Waals surface area (Å²) in [6.07, 6.45) is 0. The molecule has 0 saturated carbocycles. The number of β-amino-alcohol motifs (C(OH)–C–C–N with tert-alkyl or cyclic N) is 1. The Kier molecular flexibility index (Phi) is 9.35. The van der Waals surface area contributed by atoms with E-state index in [2.05, 4.69) is 18.5 Å². The Morgan fingerprint density at radius 3 is 1.67 bits per heavy atom. The van der Waals surface area contributed by atoms with E-state index in [0.717, 1.165) is 22.3 Å². The summed E-state index contributed by atoms with van der Waals surface area (Å²) in [6.45, 7) is 14.1. The van der Waals surface area contributed by atoms with Gasteiger partial charge in [0.25, 0.3) is 0 Å². The van der Waals surface area contributed by atoms with E-state index in [1.54, 1.807) is 44.2 Å². The molecule has 0 radical (unpaired) electrons. The average molecular weight is 528 g/mol. The number of carbonyl (C=O) groups is 3. The maximum atomic E-state index is 12.9. The van der Waals surface area contributed by atoms with Crippen molar-refractivity contribution in [2.75, 3.05) is 13.2 Å². The predicted molar refractivity (Wildman–Crippen MR) is 152 cm³/mol. The van der Waals surface area contributed by atoms with Crippen LogP contribution in [0.3, 0.4) is 0 Å². The van der Waals surface area contributed by atoms with E-state index < -0.39 is 17.5 Å². The number of aliphatic hydroxyl groups excluding tert-OH is 1. The van der Waals surface area contributed by atoms with Crippen LogP contribution in [0, 0.1) is 0 Å². The summed E-state index contributed by atoms with van der Waals surface area (Å²) in [4.78, 5) is 37.1. The van der Waals surface area contributed by atoms with Gasteiger partial charge in [-0.05, 0) is 62.1 Å². The number of hydrogen-bond acceptors (Lipinski definition) is 7. The Labute approximate surface area is 228 Å². The topological polar surface area (TPSA) is 102 Å². The highest BCUT2D eigenvalue weighted by Gasteiger charge is 2.27. The molecule has 0 bridgehead atoms. The number of ether oxygens (including phenoxy) is 2. The minimum Gasteiger partial charge on any atom is -0.419 e. The molecule has 3 rings (SSSR count). The smallest absolute Gasteiger partial charge is 0.338 e. The van der Waals surface area contributed by atoms with Crippen molar-refractivity contribution >= 4 is 17.7 Å². The molecule has 0 aliphatic heterocycles. The molecule has 3 aromatic carbocycles. The van der Waals surface area contributed by atoms with Crippen LogP contribution in [-0.2, 0) is 9.59 Å². The van der Waals surface area contributed by atoms with Gasteiger partial charge in [0.15, 0.2) is 17.3 Å². The van der Waals surface area contributed by atoms with Crippen molar-refractivity contribution in [2.24, 2.45) is 0 Å². The molecule has 0 aliphatic carbocycles. The molecular formula is C32H33NO6. The quantitative estimate of drug-likeness (QED) is 0.146. The molecular weight excluding hydrogens is 494 g/mol. The molecule has 0 aliphatic rings. The number of aliphatic hydroxyl groups is 1. The Morgan fingerprint density at radius 2 is 1.18 bits per heavy atom. The predicted octanol–water partition coefficient (Wildman–Crippen LogP) is 5.53. The van der Waals surface area contributed by atoms with E-state index in [1.807, 2.05) is 36.4 Å². The third-order valence-electron chi connectivity index (χ3n) is 5.99. The molecule has 0 aromatic heterocycles. The molecule has 39 heavy (non-hydrogen) atoms. The third kappa shape index (κ3) is 7.37. The van der Waals surface area contributed by atoms with Crippen molar-refractivity contribution in [3.63, 3.8) is 0 Å².